The average molecular weight is 476 g/mol. The number of ketones is 1. The lowest BCUT2D eigenvalue weighted by Crippen LogP contribution is -2.65. The third-order valence-electron chi connectivity index (χ3n) is 13.6. The van der Waals surface area contributed by atoms with Crippen LogP contribution < -0.4 is 0 Å². The Kier molecular flexibility index (Phi) is 3.89. The summed E-state index contributed by atoms with van der Waals surface area (Å²) in [5, 5.41) is 4.21. The highest BCUT2D eigenvalue weighted by atomic mass is 16.5. The molecule has 4 nitrogen and oxygen atoms in total. The van der Waals surface area contributed by atoms with Crippen molar-refractivity contribution < 1.29 is 14.1 Å². The van der Waals surface area contributed by atoms with E-state index in [1.807, 2.05) is 6.20 Å². The molecule has 1 heterocycles. The van der Waals surface area contributed by atoms with Gasteiger partial charge in [-0.25, -0.2) is 0 Å². The second kappa shape index (κ2) is 6.05. The van der Waals surface area contributed by atoms with Crippen molar-refractivity contribution in [1.29, 1.82) is 0 Å². The molecule has 0 aliphatic heterocycles. The van der Waals surface area contributed by atoms with Crippen LogP contribution in [0.3, 0.4) is 0 Å². The smallest absolute Gasteiger partial charge is 0.159 e. The fourth-order valence-corrected chi connectivity index (χ4v) is 11.2. The van der Waals surface area contributed by atoms with Crippen LogP contribution in [0.25, 0.3) is 0 Å². The van der Waals surface area contributed by atoms with Gasteiger partial charge in [0.1, 0.15) is 12.0 Å². The summed E-state index contributed by atoms with van der Waals surface area (Å²) >= 11 is 0. The first-order valence-corrected chi connectivity index (χ1v) is 14.0. The van der Waals surface area contributed by atoms with Crippen molar-refractivity contribution in [3.8, 4) is 0 Å². The van der Waals surface area contributed by atoms with E-state index >= 15 is 0 Å². The van der Waals surface area contributed by atoms with Crippen LogP contribution in [0.2, 0.25) is 0 Å². The quantitative estimate of drug-likeness (QED) is 0.428. The van der Waals surface area contributed by atoms with E-state index in [2.05, 4.69) is 52.8 Å². The lowest BCUT2D eigenvalue weighted by atomic mass is 9.34. The molecular formula is C31H41NO3. The molecule has 7 rings (SSSR count). The summed E-state index contributed by atoms with van der Waals surface area (Å²) in [7, 11) is 0. The molecule has 1 aromatic heterocycles. The number of nitrogens with zero attached hydrogens (tertiary/aromatic N) is 1. The Morgan fingerprint density at radius 1 is 0.943 bits per heavy atom. The molecular weight excluding hydrogens is 434 g/mol. The van der Waals surface area contributed by atoms with E-state index in [0.29, 0.717) is 5.78 Å². The van der Waals surface area contributed by atoms with Crippen LogP contribution in [-0.4, -0.2) is 17.2 Å². The molecule has 0 bridgehead atoms. The number of aromatic nitrogens is 1. The Hall–Kier alpha value is -1.71. The number of aldehydes is 1. The minimum Gasteiger partial charge on any atom is -0.361 e. The largest absolute Gasteiger partial charge is 0.361 e. The van der Waals surface area contributed by atoms with Crippen LogP contribution in [0.15, 0.2) is 22.4 Å². The van der Waals surface area contributed by atoms with Gasteiger partial charge < -0.3 is 9.32 Å². The number of carbonyl (C=O) groups is 2. The summed E-state index contributed by atoms with van der Waals surface area (Å²) in [5.41, 5.74) is 2.53. The van der Waals surface area contributed by atoms with Gasteiger partial charge in [0.15, 0.2) is 5.78 Å². The van der Waals surface area contributed by atoms with Gasteiger partial charge in [-0.1, -0.05) is 52.3 Å². The van der Waals surface area contributed by atoms with Crippen molar-refractivity contribution in [1.82, 2.24) is 5.16 Å². The fraction of sp³-hybridized carbons (Fsp3) is 0.774. The van der Waals surface area contributed by atoms with Crippen LogP contribution in [-0.2, 0) is 21.4 Å². The van der Waals surface area contributed by atoms with Crippen molar-refractivity contribution in [2.75, 3.05) is 0 Å². The van der Waals surface area contributed by atoms with Gasteiger partial charge in [0, 0.05) is 27.7 Å². The molecule has 6 aliphatic carbocycles. The zero-order chi connectivity index (χ0) is 24.9. The molecule has 0 saturated heterocycles. The average Bonchev–Trinajstić information content (AvgIpc) is 3.16. The molecule has 8 atom stereocenters. The Bertz CT molecular complexity index is 1210. The van der Waals surface area contributed by atoms with E-state index in [0.717, 1.165) is 57.1 Å². The number of hydrogen-bond donors (Lipinski definition) is 0. The van der Waals surface area contributed by atoms with Crippen LogP contribution >= 0.6 is 0 Å². The molecule has 0 amide bonds. The lowest BCUT2D eigenvalue weighted by molar-refractivity contribution is -0.172. The standard InChI is InChI=1S/C31H41NO3/c1-25(2)7-10-30(18-33)11-8-27(4)23(20(30)15-25)21(34)13-22-26(27,3)9-12-31-17-29(31,6)24-19(16-32-35-24)14-28(22,31)5/h13,16,18,20,23H,7-12,14-15,17H2,1-6H3/t20-,23-,26+,27+,28+,29?,30+,31-/m0/s1. The minimum atomic E-state index is -0.311. The molecule has 0 N–H and O–H groups in total. The Balaban J connectivity index is 1.40. The molecule has 0 radical (unpaired) electrons. The van der Waals surface area contributed by atoms with Crippen molar-refractivity contribution in [3.05, 3.63) is 29.2 Å². The first-order valence-electron chi connectivity index (χ1n) is 14.0. The van der Waals surface area contributed by atoms with E-state index in [-0.39, 0.29) is 49.7 Å². The van der Waals surface area contributed by atoms with Gasteiger partial charge in [0.2, 0.25) is 0 Å². The van der Waals surface area contributed by atoms with Crippen LogP contribution in [0, 0.1) is 44.3 Å². The lowest BCUT2D eigenvalue weighted by Gasteiger charge is -2.68. The summed E-state index contributed by atoms with van der Waals surface area (Å²) in [5.74, 6) is 1.52. The van der Waals surface area contributed by atoms with Crippen LogP contribution in [0.5, 0.6) is 0 Å². The van der Waals surface area contributed by atoms with E-state index in [1.54, 1.807) is 0 Å². The molecule has 35 heavy (non-hydrogen) atoms. The SMILES string of the molecule is CC1(C)CC[C@]2(C=O)CC[C@]3(C)[C@H](C(=O)C=C4[C@@]5(C)Cc6cnoc6C6(C)C[C@]65CC[C@]43C)[C@@H]2C1. The summed E-state index contributed by atoms with van der Waals surface area (Å²) in [6.45, 7) is 14.4. The molecule has 1 spiro atoms. The second-order valence-electron chi connectivity index (χ2n) is 15.3. The number of allylic oxidation sites excluding steroid dienone is 2. The summed E-state index contributed by atoms with van der Waals surface area (Å²) in [6.07, 6.45) is 14.6. The number of hydrogen-bond acceptors (Lipinski definition) is 4. The summed E-state index contributed by atoms with van der Waals surface area (Å²) in [4.78, 5) is 27.0. The van der Waals surface area contributed by atoms with Gasteiger partial charge >= 0.3 is 0 Å². The highest BCUT2D eigenvalue weighted by Crippen LogP contribution is 2.85. The number of carbonyl (C=O) groups excluding carboxylic acids is 2. The van der Waals surface area contributed by atoms with Crippen molar-refractivity contribution in [3.63, 3.8) is 0 Å². The summed E-state index contributed by atoms with van der Waals surface area (Å²) in [6, 6.07) is 0. The van der Waals surface area contributed by atoms with Gasteiger partial charge in [-0.2, -0.15) is 0 Å². The van der Waals surface area contributed by atoms with Gasteiger partial charge in [-0.15, -0.1) is 0 Å². The van der Waals surface area contributed by atoms with Crippen LogP contribution in [0.4, 0.5) is 0 Å². The van der Waals surface area contributed by atoms with Crippen molar-refractivity contribution in [2.45, 2.75) is 105 Å². The van der Waals surface area contributed by atoms with Gasteiger partial charge in [0.25, 0.3) is 0 Å². The molecule has 0 aromatic carbocycles. The molecule has 1 unspecified atom stereocenters. The monoisotopic (exact) mass is 475 g/mol. The topological polar surface area (TPSA) is 60.2 Å². The zero-order valence-corrected chi connectivity index (χ0v) is 22.4. The maximum Gasteiger partial charge on any atom is 0.159 e. The molecule has 4 fully saturated rings. The Morgan fingerprint density at radius 3 is 2.43 bits per heavy atom. The van der Waals surface area contributed by atoms with E-state index in [4.69, 9.17) is 4.52 Å². The maximum absolute atomic E-state index is 14.3. The van der Waals surface area contributed by atoms with E-state index in [1.165, 1.54) is 23.8 Å². The highest BCUT2D eigenvalue weighted by Gasteiger charge is 2.81. The molecule has 4 saturated carbocycles. The van der Waals surface area contributed by atoms with Gasteiger partial charge in [-0.05, 0) is 91.4 Å². The number of rotatable bonds is 1. The summed E-state index contributed by atoms with van der Waals surface area (Å²) < 4.78 is 5.82. The zero-order valence-electron chi connectivity index (χ0n) is 22.4. The minimum absolute atomic E-state index is 0.0274. The van der Waals surface area contributed by atoms with Gasteiger partial charge in [0.05, 0.1) is 6.20 Å². The van der Waals surface area contributed by atoms with Crippen molar-refractivity contribution >= 4 is 12.1 Å². The highest BCUT2D eigenvalue weighted by molar-refractivity contribution is 5.96. The Morgan fingerprint density at radius 2 is 1.69 bits per heavy atom. The second-order valence-corrected chi connectivity index (χ2v) is 15.3. The molecule has 1 aromatic rings. The maximum atomic E-state index is 14.3. The van der Waals surface area contributed by atoms with Crippen molar-refractivity contribution in [2.24, 2.45) is 44.3 Å². The predicted octanol–water partition coefficient (Wildman–Crippen LogP) is 6.62. The fourth-order valence-electron chi connectivity index (χ4n) is 11.2. The normalized spacial score (nSPS) is 53.1. The number of fused-ring (bicyclic) bond motifs is 8. The van der Waals surface area contributed by atoms with E-state index < -0.39 is 0 Å². The Labute approximate surface area is 209 Å². The molecule has 6 aliphatic rings. The van der Waals surface area contributed by atoms with Crippen LogP contribution in [0.1, 0.15) is 104 Å². The first-order chi connectivity index (χ1) is 16.3. The third-order valence-corrected chi connectivity index (χ3v) is 13.6. The molecule has 4 heteroatoms. The first kappa shape index (κ1) is 22.5. The van der Waals surface area contributed by atoms with Gasteiger partial charge in [-0.3, -0.25) is 4.79 Å². The molecule has 188 valence electrons. The van der Waals surface area contributed by atoms with E-state index in [9.17, 15) is 9.59 Å². The third kappa shape index (κ3) is 2.23. The predicted molar refractivity (Wildman–Crippen MR) is 134 cm³/mol.